The summed E-state index contributed by atoms with van der Waals surface area (Å²) >= 11 is 0. The van der Waals surface area contributed by atoms with Gasteiger partial charge in [-0.05, 0) is 13.0 Å². The molecule has 0 bridgehead atoms. The number of hydrogen-bond acceptors (Lipinski definition) is 4. The number of hydrogen-bond donors (Lipinski definition) is 1. The summed E-state index contributed by atoms with van der Waals surface area (Å²) < 4.78 is 43.0. The predicted octanol–water partition coefficient (Wildman–Crippen LogP) is 1.76. The van der Waals surface area contributed by atoms with Gasteiger partial charge in [0.25, 0.3) is 11.5 Å². The van der Waals surface area contributed by atoms with Crippen LogP contribution in [0, 0.1) is 24.4 Å². The van der Waals surface area contributed by atoms with Gasteiger partial charge in [-0.2, -0.15) is 5.10 Å². The van der Waals surface area contributed by atoms with Gasteiger partial charge in [0.15, 0.2) is 28.9 Å². The monoisotopic (exact) mass is 392 g/mol. The standard InChI is InChI=1S/C18H15F3N4O3/c1-8-14-11(16(26)15-18(28)23(2)5-6-24(14)15)17(27)25(22-8)7-9-3-4-10(19)13(21)12(9)20/h3-4,26H,5-7H2,1-2H3. The molecule has 1 aliphatic rings. The minimum atomic E-state index is -1.64. The van der Waals surface area contributed by atoms with Crippen molar-refractivity contribution < 1.29 is 23.1 Å². The van der Waals surface area contributed by atoms with Crippen molar-refractivity contribution >= 4 is 16.8 Å². The summed E-state index contributed by atoms with van der Waals surface area (Å²) in [6.07, 6.45) is 0. The number of aryl methyl sites for hydroxylation is 1. The molecule has 0 saturated heterocycles. The van der Waals surface area contributed by atoms with Crippen molar-refractivity contribution in [1.29, 1.82) is 0 Å². The first kappa shape index (κ1) is 18.1. The fraction of sp³-hybridized carbons (Fsp3) is 0.278. The van der Waals surface area contributed by atoms with Crippen molar-refractivity contribution in [2.24, 2.45) is 0 Å². The van der Waals surface area contributed by atoms with Crippen LogP contribution >= 0.6 is 0 Å². The average Bonchev–Trinajstić information content (AvgIpc) is 2.96. The summed E-state index contributed by atoms with van der Waals surface area (Å²) in [5, 5.41) is 14.6. The second kappa shape index (κ2) is 6.11. The van der Waals surface area contributed by atoms with Gasteiger partial charge in [-0.3, -0.25) is 9.59 Å². The molecule has 4 rings (SSSR count). The highest BCUT2D eigenvalue weighted by Gasteiger charge is 2.32. The van der Waals surface area contributed by atoms with E-state index < -0.39 is 41.2 Å². The Labute approximate surface area is 156 Å². The van der Waals surface area contributed by atoms with Gasteiger partial charge < -0.3 is 14.6 Å². The van der Waals surface area contributed by atoms with Gasteiger partial charge in [-0.15, -0.1) is 0 Å². The van der Waals surface area contributed by atoms with Gasteiger partial charge in [-0.1, -0.05) is 6.07 Å². The molecule has 1 aliphatic heterocycles. The van der Waals surface area contributed by atoms with Crippen molar-refractivity contribution in [1.82, 2.24) is 19.2 Å². The number of aromatic nitrogens is 3. The second-order valence-corrected chi connectivity index (χ2v) is 6.68. The van der Waals surface area contributed by atoms with E-state index in [-0.39, 0.29) is 16.6 Å². The molecule has 2 aromatic heterocycles. The van der Waals surface area contributed by atoms with Crippen molar-refractivity contribution in [2.45, 2.75) is 20.0 Å². The Morgan fingerprint density at radius 1 is 1.14 bits per heavy atom. The minimum Gasteiger partial charge on any atom is -0.505 e. The molecule has 7 nitrogen and oxygen atoms in total. The third-order valence-electron chi connectivity index (χ3n) is 4.94. The van der Waals surface area contributed by atoms with Crippen molar-refractivity contribution in [3.05, 3.63) is 56.9 Å². The van der Waals surface area contributed by atoms with Crippen molar-refractivity contribution in [3.8, 4) is 5.75 Å². The first-order chi connectivity index (χ1) is 13.2. The molecular formula is C18H15F3N4O3. The Hall–Kier alpha value is -3.30. The number of fused-ring (bicyclic) bond motifs is 3. The topological polar surface area (TPSA) is 80.4 Å². The zero-order valence-electron chi connectivity index (χ0n) is 15.0. The fourth-order valence-corrected chi connectivity index (χ4v) is 3.52. The van der Waals surface area contributed by atoms with Crippen LogP contribution in [0.15, 0.2) is 16.9 Å². The number of rotatable bonds is 2. The van der Waals surface area contributed by atoms with Crippen LogP contribution in [0.1, 0.15) is 21.7 Å². The number of benzene rings is 1. The summed E-state index contributed by atoms with van der Waals surface area (Å²) in [7, 11) is 1.58. The van der Waals surface area contributed by atoms with Gasteiger partial charge >= 0.3 is 0 Å². The Kier molecular flexibility index (Phi) is 3.95. The first-order valence-corrected chi connectivity index (χ1v) is 8.43. The maximum absolute atomic E-state index is 14.0. The molecular weight excluding hydrogens is 377 g/mol. The molecule has 0 aliphatic carbocycles. The summed E-state index contributed by atoms with van der Waals surface area (Å²) in [6.45, 7) is 1.89. The molecule has 3 heterocycles. The van der Waals surface area contributed by atoms with E-state index in [1.165, 1.54) is 4.90 Å². The van der Waals surface area contributed by atoms with E-state index in [4.69, 9.17) is 0 Å². The van der Waals surface area contributed by atoms with E-state index >= 15 is 0 Å². The van der Waals surface area contributed by atoms with E-state index in [9.17, 15) is 27.9 Å². The second-order valence-electron chi connectivity index (χ2n) is 6.68. The number of carbonyl (C=O) groups is 1. The van der Waals surface area contributed by atoms with E-state index in [1.807, 2.05) is 0 Å². The molecule has 1 amide bonds. The lowest BCUT2D eigenvalue weighted by atomic mass is 10.2. The molecule has 28 heavy (non-hydrogen) atoms. The first-order valence-electron chi connectivity index (χ1n) is 8.43. The van der Waals surface area contributed by atoms with Gasteiger partial charge in [-0.25, -0.2) is 17.9 Å². The molecule has 0 saturated carbocycles. The van der Waals surface area contributed by atoms with Crippen molar-refractivity contribution in [2.75, 3.05) is 13.6 Å². The Morgan fingerprint density at radius 2 is 1.86 bits per heavy atom. The summed E-state index contributed by atoms with van der Waals surface area (Å²) in [6, 6.07) is 1.78. The molecule has 1 N–H and O–H groups in total. The van der Waals surface area contributed by atoms with Gasteiger partial charge in [0.05, 0.1) is 17.8 Å². The van der Waals surface area contributed by atoms with Crippen molar-refractivity contribution in [3.63, 3.8) is 0 Å². The predicted molar refractivity (Wildman–Crippen MR) is 92.8 cm³/mol. The molecule has 10 heteroatoms. The zero-order chi connectivity index (χ0) is 20.3. The third-order valence-corrected chi connectivity index (χ3v) is 4.94. The highest BCUT2D eigenvalue weighted by molar-refractivity contribution is 6.04. The lowest BCUT2D eigenvalue weighted by molar-refractivity contribution is 0.0747. The van der Waals surface area contributed by atoms with Crippen LogP contribution in [-0.4, -0.2) is 43.9 Å². The highest BCUT2D eigenvalue weighted by Crippen LogP contribution is 2.33. The SMILES string of the molecule is Cc1nn(Cc2ccc(F)c(F)c2F)c(=O)c2c(O)c3n(c12)CCN(C)C3=O. The van der Waals surface area contributed by atoms with Crippen LogP contribution < -0.4 is 5.56 Å². The maximum Gasteiger partial charge on any atom is 0.280 e. The normalized spacial score (nSPS) is 14.0. The molecule has 0 spiro atoms. The fourth-order valence-electron chi connectivity index (χ4n) is 3.52. The van der Waals surface area contributed by atoms with E-state index in [1.54, 1.807) is 18.5 Å². The number of nitrogens with zero attached hydrogens (tertiary/aromatic N) is 4. The summed E-state index contributed by atoms with van der Waals surface area (Å²) in [4.78, 5) is 26.7. The lowest BCUT2D eigenvalue weighted by Gasteiger charge is -2.25. The minimum absolute atomic E-state index is 0.0116. The molecule has 0 radical (unpaired) electrons. The molecule has 1 aromatic carbocycles. The molecule has 0 fully saturated rings. The van der Waals surface area contributed by atoms with E-state index in [2.05, 4.69) is 5.10 Å². The summed E-state index contributed by atoms with van der Waals surface area (Å²) in [5.74, 6) is -5.30. The maximum atomic E-state index is 14.0. The Balaban J connectivity index is 1.93. The Morgan fingerprint density at radius 3 is 2.57 bits per heavy atom. The van der Waals surface area contributed by atoms with Crippen LogP contribution in [-0.2, 0) is 13.1 Å². The average molecular weight is 392 g/mol. The van der Waals surface area contributed by atoms with Gasteiger partial charge in [0.2, 0.25) is 0 Å². The molecule has 0 unspecified atom stereocenters. The van der Waals surface area contributed by atoms with Crippen LogP contribution in [0.5, 0.6) is 5.75 Å². The van der Waals surface area contributed by atoms with E-state index in [0.717, 1.165) is 16.8 Å². The number of aromatic hydroxyl groups is 1. The number of likely N-dealkylation sites (N-methyl/N-ethyl adjacent to an activating group) is 1. The smallest absolute Gasteiger partial charge is 0.280 e. The van der Waals surface area contributed by atoms with E-state index in [0.29, 0.717) is 24.3 Å². The number of halogens is 3. The Bertz CT molecular complexity index is 1220. The molecule has 146 valence electrons. The third kappa shape index (κ3) is 2.40. The number of amides is 1. The number of carbonyl (C=O) groups excluding carboxylic acids is 1. The van der Waals surface area contributed by atoms with Gasteiger partial charge in [0.1, 0.15) is 5.39 Å². The molecule has 0 atom stereocenters. The zero-order valence-corrected chi connectivity index (χ0v) is 15.0. The van der Waals surface area contributed by atoms with Crippen LogP contribution in [0.3, 0.4) is 0 Å². The highest BCUT2D eigenvalue weighted by atomic mass is 19.2. The van der Waals surface area contributed by atoms with Crippen LogP contribution in [0.2, 0.25) is 0 Å². The van der Waals surface area contributed by atoms with Crippen LogP contribution in [0.4, 0.5) is 13.2 Å². The van der Waals surface area contributed by atoms with Gasteiger partial charge in [0, 0.05) is 25.7 Å². The quantitative estimate of drug-likeness (QED) is 0.674. The van der Waals surface area contributed by atoms with Crippen LogP contribution in [0.25, 0.3) is 10.9 Å². The largest absolute Gasteiger partial charge is 0.505 e. The summed E-state index contributed by atoms with van der Waals surface area (Å²) in [5.41, 5.74) is -0.397. The lowest BCUT2D eigenvalue weighted by Crippen LogP contribution is -2.37. The molecule has 3 aromatic rings.